The smallest absolute Gasteiger partial charge is 0.237 e. The number of hydrogen-bond donors (Lipinski definition) is 2. The predicted molar refractivity (Wildman–Crippen MR) is 68.7 cm³/mol. The molecule has 1 aliphatic rings. The first-order chi connectivity index (χ1) is 7.95. The van der Waals surface area contributed by atoms with Crippen molar-refractivity contribution in [2.45, 2.75) is 58.7 Å². The molecule has 0 aromatic carbocycles. The van der Waals surface area contributed by atoms with Gasteiger partial charge in [0.2, 0.25) is 5.91 Å². The van der Waals surface area contributed by atoms with E-state index in [1.165, 1.54) is 0 Å². The molecule has 4 unspecified atom stereocenters. The standard InChI is InChI=1S/C13H26N2O2/c1-5-9(2)14-13(17)10(3)15-7-6-12(8-15)11(4)16/h9-12,16H,5-8H2,1-4H3,(H,14,17). The molecule has 4 atom stereocenters. The van der Waals surface area contributed by atoms with Gasteiger partial charge in [0, 0.05) is 12.6 Å². The second kappa shape index (κ2) is 6.36. The number of nitrogens with one attached hydrogen (secondary N) is 1. The summed E-state index contributed by atoms with van der Waals surface area (Å²) in [5.41, 5.74) is 0. The van der Waals surface area contributed by atoms with E-state index >= 15 is 0 Å². The predicted octanol–water partition coefficient (Wildman–Crippen LogP) is 0.992. The van der Waals surface area contributed by atoms with Crippen LogP contribution in [0.3, 0.4) is 0 Å². The third-order valence-electron chi connectivity index (χ3n) is 3.87. The first kappa shape index (κ1) is 14.5. The quantitative estimate of drug-likeness (QED) is 0.756. The molecule has 1 rings (SSSR count). The Morgan fingerprint density at radius 1 is 1.47 bits per heavy atom. The summed E-state index contributed by atoms with van der Waals surface area (Å²) in [5.74, 6) is 0.416. The number of nitrogens with zero attached hydrogens (tertiary/aromatic N) is 1. The van der Waals surface area contributed by atoms with E-state index in [1.54, 1.807) is 0 Å². The fourth-order valence-corrected chi connectivity index (χ4v) is 2.19. The average Bonchev–Trinajstić information content (AvgIpc) is 2.77. The van der Waals surface area contributed by atoms with Gasteiger partial charge in [0.05, 0.1) is 12.1 Å². The zero-order chi connectivity index (χ0) is 13.0. The number of hydrogen-bond acceptors (Lipinski definition) is 3. The highest BCUT2D eigenvalue weighted by Crippen LogP contribution is 2.21. The Balaban J connectivity index is 2.43. The van der Waals surface area contributed by atoms with Crippen LogP contribution in [0.2, 0.25) is 0 Å². The van der Waals surface area contributed by atoms with Gasteiger partial charge in [0.25, 0.3) is 0 Å². The molecule has 0 radical (unpaired) electrons. The zero-order valence-corrected chi connectivity index (χ0v) is 11.4. The van der Waals surface area contributed by atoms with Crippen molar-refractivity contribution in [1.29, 1.82) is 0 Å². The summed E-state index contributed by atoms with van der Waals surface area (Å²) < 4.78 is 0. The van der Waals surface area contributed by atoms with Crippen LogP contribution in [0, 0.1) is 5.92 Å². The molecule has 17 heavy (non-hydrogen) atoms. The van der Waals surface area contributed by atoms with Gasteiger partial charge in [-0.1, -0.05) is 6.92 Å². The fourth-order valence-electron chi connectivity index (χ4n) is 2.19. The molecule has 4 heteroatoms. The Morgan fingerprint density at radius 2 is 2.12 bits per heavy atom. The highest BCUT2D eigenvalue weighted by Gasteiger charge is 2.31. The lowest BCUT2D eigenvalue weighted by atomic mass is 10.0. The first-order valence-corrected chi connectivity index (χ1v) is 6.68. The van der Waals surface area contributed by atoms with Crippen molar-refractivity contribution >= 4 is 5.91 Å². The lowest BCUT2D eigenvalue weighted by Crippen LogP contribution is -2.46. The second-order valence-electron chi connectivity index (χ2n) is 5.28. The summed E-state index contributed by atoms with van der Waals surface area (Å²) in [4.78, 5) is 14.1. The van der Waals surface area contributed by atoms with E-state index in [4.69, 9.17) is 0 Å². The van der Waals surface area contributed by atoms with E-state index in [9.17, 15) is 9.90 Å². The van der Waals surface area contributed by atoms with Crippen LogP contribution >= 0.6 is 0 Å². The monoisotopic (exact) mass is 242 g/mol. The number of amides is 1. The van der Waals surface area contributed by atoms with Crippen molar-refractivity contribution in [1.82, 2.24) is 10.2 Å². The summed E-state index contributed by atoms with van der Waals surface area (Å²) in [7, 11) is 0. The van der Waals surface area contributed by atoms with Gasteiger partial charge in [-0.25, -0.2) is 0 Å². The Labute approximate surface area is 104 Å². The summed E-state index contributed by atoms with van der Waals surface area (Å²) in [6.45, 7) is 9.60. The molecule has 1 amide bonds. The lowest BCUT2D eigenvalue weighted by molar-refractivity contribution is -0.126. The molecule has 0 spiro atoms. The third-order valence-corrected chi connectivity index (χ3v) is 3.87. The van der Waals surface area contributed by atoms with Gasteiger partial charge in [-0.2, -0.15) is 0 Å². The first-order valence-electron chi connectivity index (χ1n) is 6.68. The fraction of sp³-hybridized carbons (Fsp3) is 0.923. The topological polar surface area (TPSA) is 52.6 Å². The molecule has 1 heterocycles. The van der Waals surface area contributed by atoms with Gasteiger partial charge >= 0.3 is 0 Å². The van der Waals surface area contributed by atoms with Crippen LogP contribution in [0.4, 0.5) is 0 Å². The van der Waals surface area contributed by atoms with Crippen LogP contribution in [0.1, 0.15) is 40.5 Å². The molecule has 4 nitrogen and oxygen atoms in total. The van der Waals surface area contributed by atoms with Crippen LogP contribution in [-0.4, -0.2) is 47.2 Å². The maximum Gasteiger partial charge on any atom is 0.237 e. The molecule has 0 aromatic heterocycles. The average molecular weight is 242 g/mol. The number of rotatable bonds is 5. The molecule has 0 saturated carbocycles. The van der Waals surface area contributed by atoms with E-state index in [2.05, 4.69) is 17.1 Å². The molecule has 1 aliphatic heterocycles. The van der Waals surface area contributed by atoms with Crippen molar-refractivity contribution in [3.63, 3.8) is 0 Å². The number of carbonyl (C=O) groups is 1. The molecule has 1 fully saturated rings. The molecular formula is C13H26N2O2. The van der Waals surface area contributed by atoms with Gasteiger partial charge in [-0.15, -0.1) is 0 Å². The highest BCUT2D eigenvalue weighted by molar-refractivity contribution is 5.81. The lowest BCUT2D eigenvalue weighted by Gasteiger charge is -2.25. The third kappa shape index (κ3) is 3.96. The van der Waals surface area contributed by atoms with Crippen molar-refractivity contribution in [3.05, 3.63) is 0 Å². The van der Waals surface area contributed by atoms with Crippen molar-refractivity contribution in [2.75, 3.05) is 13.1 Å². The van der Waals surface area contributed by atoms with Gasteiger partial charge in [-0.05, 0) is 46.1 Å². The minimum absolute atomic E-state index is 0.0900. The Bertz CT molecular complexity index is 256. The summed E-state index contributed by atoms with van der Waals surface area (Å²) in [6.07, 6.45) is 1.66. The summed E-state index contributed by atoms with van der Waals surface area (Å²) >= 11 is 0. The van der Waals surface area contributed by atoms with Crippen LogP contribution in [-0.2, 0) is 4.79 Å². The van der Waals surface area contributed by atoms with Gasteiger partial charge in [-0.3, -0.25) is 9.69 Å². The normalized spacial score (nSPS) is 26.5. The number of likely N-dealkylation sites (tertiary alicyclic amines) is 1. The summed E-state index contributed by atoms with van der Waals surface area (Å²) in [5, 5.41) is 12.6. The Kier molecular flexibility index (Phi) is 5.40. The number of aliphatic hydroxyl groups is 1. The van der Waals surface area contributed by atoms with Crippen molar-refractivity contribution in [3.8, 4) is 0 Å². The van der Waals surface area contributed by atoms with Gasteiger partial charge < -0.3 is 10.4 Å². The molecule has 0 bridgehead atoms. The Hall–Kier alpha value is -0.610. The second-order valence-corrected chi connectivity index (χ2v) is 5.28. The van der Waals surface area contributed by atoms with E-state index < -0.39 is 0 Å². The highest BCUT2D eigenvalue weighted by atomic mass is 16.3. The summed E-state index contributed by atoms with van der Waals surface area (Å²) in [6, 6.07) is 0.146. The minimum Gasteiger partial charge on any atom is -0.393 e. The maximum absolute atomic E-state index is 12.0. The van der Waals surface area contributed by atoms with Gasteiger partial charge in [0.1, 0.15) is 0 Å². The van der Waals surface area contributed by atoms with Crippen LogP contribution in [0.25, 0.3) is 0 Å². The molecular weight excluding hydrogens is 216 g/mol. The minimum atomic E-state index is -0.273. The van der Waals surface area contributed by atoms with E-state index in [1.807, 2.05) is 20.8 Å². The SMILES string of the molecule is CCC(C)NC(=O)C(C)N1CCC(C(C)O)C1. The molecule has 0 aromatic rings. The molecule has 1 saturated heterocycles. The van der Waals surface area contributed by atoms with Crippen LogP contribution < -0.4 is 5.32 Å². The number of aliphatic hydroxyl groups excluding tert-OH is 1. The van der Waals surface area contributed by atoms with E-state index in [-0.39, 0.29) is 24.1 Å². The van der Waals surface area contributed by atoms with E-state index in [0.29, 0.717) is 5.92 Å². The van der Waals surface area contributed by atoms with Crippen LogP contribution in [0.15, 0.2) is 0 Å². The van der Waals surface area contributed by atoms with Crippen molar-refractivity contribution < 1.29 is 9.90 Å². The number of carbonyl (C=O) groups excluding carboxylic acids is 1. The maximum atomic E-state index is 12.0. The van der Waals surface area contributed by atoms with Crippen molar-refractivity contribution in [2.24, 2.45) is 5.92 Å². The molecule has 2 N–H and O–H groups in total. The Morgan fingerprint density at radius 3 is 2.59 bits per heavy atom. The largest absolute Gasteiger partial charge is 0.393 e. The van der Waals surface area contributed by atoms with E-state index in [0.717, 1.165) is 25.9 Å². The van der Waals surface area contributed by atoms with Gasteiger partial charge in [0.15, 0.2) is 0 Å². The molecule has 0 aliphatic carbocycles. The zero-order valence-electron chi connectivity index (χ0n) is 11.4. The molecule has 100 valence electrons. The van der Waals surface area contributed by atoms with Crippen LogP contribution in [0.5, 0.6) is 0 Å².